The minimum absolute atomic E-state index is 0.116. The molecular formula is C13H11N5O7. The zero-order valence-corrected chi connectivity index (χ0v) is 12.7. The fourth-order valence-corrected chi connectivity index (χ4v) is 2.04. The number of rotatable bonds is 6. The van der Waals surface area contributed by atoms with E-state index in [1.165, 1.54) is 6.92 Å². The summed E-state index contributed by atoms with van der Waals surface area (Å²) in [5, 5.41) is 36.7. The normalized spacial score (nSPS) is 10.3. The van der Waals surface area contributed by atoms with Gasteiger partial charge in [0, 0.05) is 18.3 Å². The van der Waals surface area contributed by atoms with Gasteiger partial charge in [0.25, 0.3) is 11.4 Å². The molecule has 1 aromatic heterocycles. The lowest BCUT2D eigenvalue weighted by atomic mass is 10.1. The summed E-state index contributed by atoms with van der Waals surface area (Å²) in [5.41, 5.74) is -1.38. The van der Waals surface area contributed by atoms with E-state index in [-0.39, 0.29) is 23.4 Å². The highest BCUT2D eigenvalue weighted by Gasteiger charge is 2.23. The molecule has 2 N–H and O–H groups in total. The predicted molar refractivity (Wildman–Crippen MR) is 82.3 cm³/mol. The van der Waals surface area contributed by atoms with E-state index in [1.807, 2.05) is 0 Å². The zero-order valence-electron chi connectivity index (χ0n) is 12.7. The molecule has 0 fully saturated rings. The zero-order chi connectivity index (χ0) is 18.7. The third-order valence-electron chi connectivity index (χ3n) is 3.22. The Bertz CT molecular complexity index is 854. The van der Waals surface area contributed by atoms with Crippen LogP contribution in [0.3, 0.4) is 0 Å². The lowest BCUT2D eigenvalue weighted by Crippen LogP contribution is -2.19. The molecule has 0 aliphatic carbocycles. The number of anilines is 1. The van der Waals surface area contributed by atoms with Gasteiger partial charge in [-0.2, -0.15) is 5.10 Å². The fraction of sp³-hybridized carbons (Fsp3) is 0.154. The minimum atomic E-state index is -1.21. The molecule has 0 unspecified atom stereocenters. The Morgan fingerprint density at radius 2 is 1.80 bits per heavy atom. The largest absolute Gasteiger partial charge is 0.478 e. The summed E-state index contributed by atoms with van der Waals surface area (Å²) in [6.45, 7) is 0.863. The van der Waals surface area contributed by atoms with Crippen molar-refractivity contribution in [2.75, 3.05) is 5.32 Å². The van der Waals surface area contributed by atoms with E-state index in [1.54, 1.807) is 0 Å². The van der Waals surface area contributed by atoms with Crippen LogP contribution in [0, 0.1) is 27.2 Å². The number of hydrogen-bond donors (Lipinski definition) is 2. The summed E-state index contributed by atoms with van der Waals surface area (Å²) in [5.74, 6) is -1.90. The van der Waals surface area contributed by atoms with Gasteiger partial charge in [-0.3, -0.25) is 29.7 Å². The molecular weight excluding hydrogens is 338 g/mol. The van der Waals surface area contributed by atoms with Crippen LogP contribution in [0.4, 0.5) is 17.1 Å². The summed E-state index contributed by atoms with van der Waals surface area (Å²) in [7, 11) is 0. The second-order valence-electron chi connectivity index (χ2n) is 4.93. The number of benzene rings is 1. The Balaban J connectivity index is 2.23. The Morgan fingerprint density at radius 3 is 2.24 bits per heavy atom. The number of nitrogens with one attached hydrogen (secondary N) is 1. The molecule has 0 bridgehead atoms. The molecule has 0 saturated carbocycles. The van der Waals surface area contributed by atoms with Crippen LogP contribution in [-0.4, -0.2) is 36.6 Å². The Morgan fingerprint density at radius 1 is 1.24 bits per heavy atom. The van der Waals surface area contributed by atoms with Crippen molar-refractivity contribution in [1.82, 2.24) is 9.78 Å². The topological polar surface area (TPSA) is 170 Å². The van der Waals surface area contributed by atoms with Gasteiger partial charge >= 0.3 is 5.97 Å². The van der Waals surface area contributed by atoms with Crippen molar-refractivity contribution in [3.8, 4) is 0 Å². The maximum Gasteiger partial charge on any atom is 0.338 e. The van der Waals surface area contributed by atoms with Crippen LogP contribution >= 0.6 is 0 Å². The average molecular weight is 349 g/mol. The SMILES string of the molecule is Cc1c([N+](=O)[O-])cc(NC(=O)Cn2cc(C(=O)O)cn2)cc1[N+](=O)[O-]. The number of nitro benzene ring substituents is 2. The number of aromatic carboxylic acids is 1. The van der Waals surface area contributed by atoms with Crippen LogP contribution in [0.1, 0.15) is 15.9 Å². The van der Waals surface area contributed by atoms with Crippen LogP contribution < -0.4 is 5.32 Å². The predicted octanol–water partition coefficient (Wildman–Crippen LogP) is 1.34. The molecule has 0 aliphatic heterocycles. The lowest BCUT2D eigenvalue weighted by Gasteiger charge is -2.07. The smallest absolute Gasteiger partial charge is 0.338 e. The number of aromatic nitrogens is 2. The Hall–Kier alpha value is -3.83. The Kier molecular flexibility index (Phi) is 4.72. The summed E-state index contributed by atoms with van der Waals surface area (Å²) >= 11 is 0. The van der Waals surface area contributed by atoms with Crippen molar-refractivity contribution >= 4 is 28.9 Å². The number of hydrogen-bond acceptors (Lipinski definition) is 7. The minimum Gasteiger partial charge on any atom is -0.478 e. The highest BCUT2D eigenvalue weighted by atomic mass is 16.6. The van der Waals surface area contributed by atoms with E-state index >= 15 is 0 Å². The molecule has 1 amide bonds. The van der Waals surface area contributed by atoms with Gasteiger partial charge in [0.1, 0.15) is 12.1 Å². The van der Waals surface area contributed by atoms with Crippen LogP contribution in [0.5, 0.6) is 0 Å². The van der Waals surface area contributed by atoms with E-state index < -0.39 is 33.1 Å². The third-order valence-corrected chi connectivity index (χ3v) is 3.22. The fourth-order valence-electron chi connectivity index (χ4n) is 2.04. The molecule has 2 aromatic rings. The van der Waals surface area contributed by atoms with Gasteiger partial charge in [0.15, 0.2) is 0 Å². The first-order valence-electron chi connectivity index (χ1n) is 6.68. The van der Waals surface area contributed by atoms with E-state index in [2.05, 4.69) is 10.4 Å². The molecule has 2 rings (SSSR count). The van der Waals surface area contributed by atoms with Gasteiger partial charge < -0.3 is 10.4 Å². The lowest BCUT2D eigenvalue weighted by molar-refractivity contribution is -0.395. The molecule has 0 spiro atoms. The van der Waals surface area contributed by atoms with Crippen molar-refractivity contribution < 1.29 is 24.5 Å². The molecule has 0 atom stereocenters. The molecule has 12 heteroatoms. The number of nitrogens with zero attached hydrogens (tertiary/aromatic N) is 4. The number of nitro groups is 2. The van der Waals surface area contributed by atoms with E-state index in [9.17, 15) is 29.8 Å². The summed E-state index contributed by atoms with van der Waals surface area (Å²) in [6, 6.07) is 2.01. The standard InChI is InChI=1S/C13H11N5O7/c1-7-10(17(22)23)2-9(3-11(7)18(24)25)15-12(19)6-16-5-8(4-14-16)13(20)21/h2-5H,6H2,1H3,(H,15,19)(H,20,21). The van der Waals surface area contributed by atoms with Crippen molar-refractivity contribution in [1.29, 1.82) is 0 Å². The number of carbonyl (C=O) groups excluding carboxylic acids is 1. The highest BCUT2D eigenvalue weighted by Crippen LogP contribution is 2.31. The number of carbonyl (C=O) groups is 2. The van der Waals surface area contributed by atoms with Crippen LogP contribution in [0.15, 0.2) is 24.5 Å². The maximum atomic E-state index is 11.9. The summed E-state index contributed by atoms with van der Waals surface area (Å²) < 4.78 is 1.05. The molecule has 0 saturated heterocycles. The van der Waals surface area contributed by atoms with Crippen LogP contribution in [-0.2, 0) is 11.3 Å². The highest BCUT2D eigenvalue weighted by molar-refractivity contribution is 5.92. The first-order chi connectivity index (χ1) is 11.7. The second kappa shape index (κ2) is 6.74. The van der Waals surface area contributed by atoms with Gasteiger partial charge in [0.05, 0.1) is 27.3 Å². The molecule has 25 heavy (non-hydrogen) atoms. The van der Waals surface area contributed by atoms with Gasteiger partial charge in [-0.1, -0.05) is 0 Å². The monoisotopic (exact) mass is 349 g/mol. The summed E-state index contributed by atoms with van der Waals surface area (Å²) in [4.78, 5) is 43.1. The van der Waals surface area contributed by atoms with Crippen LogP contribution in [0.2, 0.25) is 0 Å². The maximum absolute atomic E-state index is 11.9. The van der Waals surface area contributed by atoms with Crippen molar-refractivity contribution in [2.24, 2.45) is 0 Å². The van der Waals surface area contributed by atoms with Crippen LogP contribution in [0.25, 0.3) is 0 Å². The van der Waals surface area contributed by atoms with Gasteiger partial charge in [0.2, 0.25) is 5.91 Å². The molecule has 0 radical (unpaired) electrons. The number of amides is 1. The molecule has 1 heterocycles. The van der Waals surface area contributed by atoms with Crippen molar-refractivity contribution in [2.45, 2.75) is 13.5 Å². The first-order valence-corrected chi connectivity index (χ1v) is 6.68. The molecule has 1 aromatic carbocycles. The van der Waals surface area contributed by atoms with Gasteiger partial charge in [-0.15, -0.1) is 0 Å². The first kappa shape index (κ1) is 17.5. The summed E-state index contributed by atoms with van der Waals surface area (Å²) in [6.07, 6.45) is 2.18. The average Bonchev–Trinajstić information content (AvgIpc) is 2.96. The van der Waals surface area contributed by atoms with Gasteiger partial charge in [-0.05, 0) is 6.92 Å². The number of carboxylic acids is 1. The molecule has 130 valence electrons. The number of carboxylic acid groups (broad SMARTS) is 1. The quantitative estimate of drug-likeness (QED) is 0.581. The molecule has 12 nitrogen and oxygen atoms in total. The van der Waals surface area contributed by atoms with Crippen molar-refractivity contribution in [3.05, 3.63) is 55.9 Å². The van der Waals surface area contributed by atoms with E-state index in [4.69, 9.17) is 5.11 Å². The van der Waals surface area contributed by atoms with Gasteiger partial charge in [-0.25, -0.2) is 4.79 Å². The van der Waals surface area contributed by atoms with Crippen molar-refractivity contribution in [3.63, 3.8) is 0 Å². The van der Waals surface area contributed by atoms with E-state index in [0.717, 1.165) is 29.2 Å². The van der Waals surface area contributed by atoms with E-state index in [0.29, 0.717) is 0 Å². The second-order valence-corrected chi connectivity index (χ2v) is 4.93. The third kappa shape index (κ3) is 3.93. The molecule has 0 aliphatic rings. The Labute approximate surface area is 139 Å².